The zero-order valence-electron chi connectivity index (χ0n) is 26.7. The van der Waals surface area contributed by atoms with Crippen LogP contribution in [0.4, 0.5) is 0 Å². The number of rotatable bonds is 22. The number of unbranched alkanes of at least 4 members (excludes halogenated alkanes) is 8. The lowest BCUT2D eigenvalue weighted by Gasteiger charge is -2.29. The average Bonchev–Trinajstić information content (AvgIpc) is 2.96. The van der Waals surface area contributed by atoms with Crippen LogP contribution in [0, 0.1) is 0 Å². The highest BCUT2D eigenvalue weighted by Gasteiger charge is 2.29. The number of phenols is 2. The van der Waals surface area contributed by atoms with Crippen molar-refractivity contribution in [3.63, 3.8) is 0 Å². The molecule has 2 aromatic carbocycles. The number of hydrogen-bond acceptors (Lipinski definition) is 6. The first-order valence-corrected chi connectivity index (χ1v) is 16.1. The normalized spacial score (nSPS) is 11.5. The van der Waals surface area contributed by atoms with Crippen LogP contribution < -0.4 is 18.9 Å². The summed E-state index contributed by atoms with van der Waals surface area (Å²) in [6.07, 6.45) is 12.4. The van der Waals surface area contributed by atoms with Crippen molar-refractivity contribution in [3.8, 4) is 34.5 Å². The van der Waals surface area contributed by atoms with E-state index in [-0.39, 0.29) is 11.5 Å². The van der Waals surface area contributed by atoms with Crippen molar-refractivity contribution in [2.75, 3.05) is 26.4 Å². The molecule has 0 spiro atoms. The lowest BCUT2D eigenvalue weighted by Crippen LogP contribution is -2.20. The molecule has 0 radical (unpaired) electrons. The molecule has 0 fully saturated rings. The van der Waals surface area contributed by atoms with E-state index in [1.165, 1.54) is 0 Å². The molecule has 0 saturated heterocycles. The predicted octanol–water partition coefficient (Wildman–Crippen LogP) is 9.70. The highest BCUT2D eigenvalue weighted by molar-refractivity contribution is 5.59. The average molecular weight is 573 g/mol. The Kier molecular flexibility index (Phi) is 15.6. The molecule has 2 aromatic rings. The van der Waals surface area contributed by atoms with E-state index < -0.39 is 5.41 Å². The van der Waals surface area contributed by atoms with E-state index in [2.05, 4.69) is 41.5 Å². The van der Waals surface area contributed by atoms with Gasteiger partial charge in [-0.2, -0.15) is 0 Å². The first-order chi connectivity index (χ1) is 19.8. The number of phenolic OH excluding ortho intramolecular Hbond substituents is 2. The van der Waals surface area contributed by atoms with Crippen molar-refractivity contribution in [2.24, 2.45) is 0 Å². The molecule has 0 aliphatic rings. The van der Waals surface area contributed by atoms with Gasteiger partial charge in [0.15, 0.2) is 23.0 Å². The number of aromatic hydroxyl groups is 2. The van der Waals surface area contributed by atoms with Crippen LogP contribution in [0.15, 0.2) is 24.3 Å². The van der Waals surface area contributed by atoms with Crippen LogP contribution in [0.3, 0.4) is 0 Å². The van der Waals surface area contributed by atoms with Crippen molar-refractivity contribution in [3.05, 3.63) is 35.4 Å². The fourth-order valence-corrected chi connectivity index (χ4v) is 4.63. The summed E-state index contributed by atoms with van der Waals surface area (Å²) in [5.41, 5.74) is 1.34. The minimum Gasteiger partial charge on any atom is -0.502 e. The third-order valence-corrected chi connectivity index (χ3v) is 7.55. The number of benzene rings is 2. The maximum absolute atomic E-state index is 11.0. The van der Waals surface area contributed by atoms with E-state index in [4.69, 9.17) is 18.9 Å². The van der Waals surface area contributed by atoms with Crippen LogP contribution in [0.1, 0.15) is 130 Å². The van der Waals surface area contributed by atoms with Crippen molar-refractivity contribution < 1.29 is 29.2 Å². The molecule has 2 rings (SSSR count). The zero-order valence-corrected chi connectivity index (χ0v) is 26.7. The molecule has 0 bridgehead atoms. The summed E-state index contributed by atoms with van der Waals surface area (Å²) >= 11 is 0. The molecule has 0 saturated carbocycles. The van der Waals surface area contributed by atoms with Crippen molar-refractivity contribution >= 4 is 0 Å². The topological polar surface area (TPSA) is 77.4 Å². The fourth-order valence-electron chi connectivity index (χ4n) is 4.63. The second-order valence-corrected chi connectivity index (χ2v) is 11.5. The van der Waals surface area contributed by atoms with E-state index in [0.29, 0.717) is 49.4 Å². The van der Waals surface area contributed by atoms with E-state index in [9.17, 15) is 10.2 Å². The molecule has 6 nitrogen and oxygen atoms in total. The second-order valence-electron chi connectivity index (χ2n) is 11.5. The molecule has 41 heavy (non-hydrogen) atoms. The molecule has 0 aliphatic heterocycles. The molecule has 0 aromatic heterocycles. The van der Waals surface area contributed by atoms with Crippen LogP contribution >= 0.6 is 0 Å². The molecular formula is C35H56O6. The van der Waals surface area contributed by atoms with Gasteiger partial charge in [-0.3, -0.25) is 0 Å². The summed E-state index contributed by atoms with van der Waals surface area (Å²) in [7, 11) is 0. The first-order valence-electron chi connectivity index (χ1n) is 16.1. The van der Waals surface area contributed by atoms with Crippen molar-refractivity contribution in [1.29, 1.82) is 0 Å². The van der Waals surface area contributed by atoms with Gasteiger partial charge >= 0.3 is 0 Å². The SMILES string of the molecule is CCCCCOc1cc(C(C)(C)c2cc(OCCCCC)c(O)c(OCCCCC)c2)cc(OCCCCC)c1O. The number of hydrogen-bond donors (Lipinski definition) is 2. The summed E-state index contributed by atoms with van der Waals surface area (Å²) in [5, 5.41) is 22.1. The van der Waals surface area contributed by atoms with Gasteiger partial charge in [0, 0.05) is 5.41 Å². The van der Waals surface area contributed by atoms with Crippen molar-refractivity contribution in [2.45, 2.75) is 124 Å². The van der Waals surface area contributed by atoms with Gasteiger partial charge in [0.25, 0.3) is 0 Å². The van der Waals surface area contributed by atoms with E-state index >= 15 is 0 Å². The summed E-state index contributed by atoms with van der Waals surface area (Å²) < 4.78 is 24.3. The molecule has 6 heteroatoms. The van der Waals surface area contributed by atoms with Gasteiger partial charge in [-0.25, -0.2) is 0 Å². The van der Waals surface area contributed by atoms with Gasteiger partial charge < -0.3 is 29.2 Å². The highest BCUT2D eigenvalue weighted by Crippen LogP contribution is 2.46. The Balaban J connectivity index is 2.49. The largest absolute Gasteiger partial charge is 0.502 e. The monoisotopic (exact) mass is 572 g/mol. The van der Waals surface area contributed by atoms with Gasteiger partial charge in [0.1, 0.15) is 0 Å². The molecule has 0 atom stereocenters. The Bertz CT molecular complexity index is 870. The smallest absolute Gasteiger partial charge is 0.200 e. The lowest BCUT2D eigenvalue weighted by molar-refractivity contribution is 0.263. The standard InChI is InChI=1S/C35H56O6/c1-7-11-15-19-38-29-23-27(24-30(33(29)36)39-20-16-12-8-2)35(5,6)28-25-31(40-21-17-13-9-3)34(37)32(26-28)41-22-18-14-10-4/h23-26,36-37H,7-22H2,1-6H3. The van der Waals surface area contributed by atoms with Gasteiger partial charge in [0.2, 0.25) is 11.5 Å². The first kappa shape index (κ1) is 34.4. The molecule has 2 N–H and O–H groups in total. The Labute approximate surface area is 249 Å². The van der Waals surface area contributed by atoms with Gasteiger partial charge in [-0.05, 0) is 61.1 Å². The van der Waals surface area contributed by atoms with E-state index in [1.54, 1.807) is 0 Å². The van der Waals surface area contributed by atoms with Crippen LogP contribution in [0.5, 0.6) is 34.5 Å². The number of ether oxygens (including phenoxy) is 4. The molecule has 0 unspecified atom stereocenters. The Morgan fingerprint density at radius 2 is 0.707 bits per heavy atom. The molecule has 0 aliphatic carbocycles. The minimum atomic E-state index is -0.534. The van der Waals surface area contributed by atoms with Gasteiger partial charge in [-0.1, -0.05) is 92.9 Å². The van der Waals surface area contributed by atoms with Gasteiger partial charge in [-0.15, -0.1) is 0 Å². The summed E-state index contributed by atoms with van der Waals surface area (Å²) in [5.74, 6) is 1.82. The fraction of sp³-hybridized carbons (Fsp3) is 0.657. The lowest BCUT2D eigenvalue weighted by atomic mass is 9.77. The Hall–Kier alpha value is -2.76. The van der Waals surface area contributed by atoms with Crippen LogP contribution in [0.25, 0.3) is 0 Å². The highest BCUT2D eigenvalue weighted by atomic mass is 16.5. The molecule has 0 amide bonds. The van der Waals surface area contributed by atoms with Crippen LogP contribution in [-0.2, 0) is 5.41 Å². The second kappa shape index (κ2) is 18.6. The molecule has 232 valence electrons. The Morgan fingerprint density at radius 3 is 0.927 bits per heavy atom. The van der Waals surface area contributed by atoms with E-state index in [1.807, 2.05) is 24.3 Å². The Morgan fingerprint density at radius 1 is 0.463 bits per heavy atom. The maximum Gasteiger partial charge on any atom is 0.200 e. The zero-order chi connectivity index (χ0) is 30.1. The summed E-state index contributed by atoms with van der Waals surface area (Å²) in [6, 6.07) is 7.65. The summed E-state index contributed by atoms with van der Waals surface area (Å²) in [6.45, 7) is 15.0. The quantitative estimate of drug-likeness (QED) is 0.137. The summed E-state index contributed by atoms with van der Waals surface area (Å²) in [4.78, 5) is 0. The molecular weight excluding hydrogens is 516 g/mol. The molecule has 0 heterocycles. The van der Waals surface area contributed by atoms with Crippen LogP contribution in [0.2, 0.25) is 0 Å². The van der Waals surface area contributed by atoms with Crippen molar-refractivity contribution in [1.82, 2.24) is 0 Å². The maximum atomic E-state index is 11.0. The predicted molar refractivity (Wildman–Crippen MR) is 168 cm³/mol. The van der Waals surface area contributed by atoms with E-state index in [0.717, 1.165) is 88.2 Å². The minimum absolute atomic E-state index is 0.0446. The van der Waals surface area contributed by atoms with Gasteiger partial charge in [0.05, 0.1) is 26.4 Å². The third-order valence-electron chi connectivity index (χ3n) is 7.55. The van der Waals surface area contributed by atoms with Crippen LogP contribution in [-0.4, -0.2) is 36.6 Å². The third kappa shape index (κ3) is 10.9.